The van der Waals surface area contributed by atoms with Gasteiger partial charge < -0.3 is 15.3 Å². The van der Waals surface area contributed by atoms with E-state index in [1.165, 1.54) is 45.2 Å². The minimum atomic E-state index is -0.0811. The van der Waals surface area contributed by atoms with Crippen LogP contribution in [-0.4, -0.2) is 47.8 Å². The van der Waals surface area contributed by atoms with Gasteiger partial charge in [-0.25, -0.2) is 0 Å². The number of hydrogen-bond donors (Lipinski definition) is 2. The van der Waals surface area contributed by atoms with Gasteiger partial charge in [0.25, 0.3) is 0 Å². The quantitative estimate of drug-likeness (QED) is 0.655. The summed E-state index contributed by atoms with van der Waals surface area (Å²) in [5.41, 5.74) is -0.0811. The standard InChI is InChI=1S/C15H32N2O/c1-4-16-15(3,13-18)10-6-8-12-17-11-7-5-9-14(17)2/h14,16,18H,4-13H2,1-3H3. The van der Waals surface area contributed by atoms with Gasteiger partial charge in [0.1, 0.15) is 0 Å². The van der Waals surface area contributed by atoms with Crippen LogP contribution >= 0.6 is 0 Å². The summed E-state index contributed by atoms with van der Waals surface area (Å²) in [6.45, 7) is 10.3. The zero-order valence-corrected chi connectivity index (χ0v) is 12.5. The number of aliphatic hydroxyl groups excluding tert-OH is 1. The molecule has 2 atom stereocenters. The van der Waals surface area contributed by atoms with Crippen molar-refractivity contribution < 1.29 is 5.11 Å². The van der Waals surface area contributed by atoms with Crippen molar-refractivity contribution in [2.75, 3.05) is 26.2 Å². The van der Waals surface area contributed by atoms with Crippen LogP contribution in [0.4, 0.5) is 0 Å². The molecule has 0 spiro atoms. The van der Waals surface area contributed by atoms with E-state index in [0.717, 1.165) is 19.0 Å². The van der Waals surface area contributed by atoms with Gasteiger partial charge in [-0.3, -0.25) is 0 Å². The predicted molar refractivity (Wildman–Crippen MR) is 77.9 cm³/mol. The summed E-state index contributed by atoms with van der Waals surface area (Å²) < 4.78 is 0. The number of nitrogens with one attached hydrogen (secondary N) is 1. The van der Waals surface area contributed by atoms with Crippen molar-refractivity contribution in [2.45, 2.75) is 70.9 Å². The Balaban J connectivity index is 2.17. The lowest BCUT2D eigenvalue weighted by Gasteiger charge is -2.34. The van der Waals surface area contributed by atoms with Crippen LogP contribution in [0.2, 0.25) is 0 Å². The molecule has 2 N–H and O–H groups in total. The maximum Gasteiger partial charge on any atom is 0.0610 e. The number of unbranched alkanes of at least 4 members (excludes halogenated alkanes) is 1. The van der Waals surface area contributed by atoms with Crippen molar-refractivity contribution in [3.8, 4) is 0 Å². The van der Waals surface area contributed by atoms with E-state index in [0.29, 0.717) is 0 Å². The molecule has 0 radical (unpaired) electrons. The summed E-state index contributed by atoms with van der Waals surface area (Å²) in [4.78, 5) is 2.63. The molecule has 1 heterocycles. The van der Waals surface area contributed by atoms with Crippen LogP contribution in [0, 0.1) is 0 Å². The maximum absolute atomic E-state index is 9.43. The second-order valence-electron chi connectivity index (χ2n) is 6.09. The molecule has 1 saturated heterocycles. The first-order chi connectivity index (χ1) is 8.61. The summed E-state index contributed by atoms with van der Waals surface area (Å²) in [7, 11) is 0. The van der Waals surface area contributed by atoms with Crippen LogP contribution in [0.25, 0.3) is 0 Å². The summed E-state index contributed by atoms with van der Waals surface area (Å²) in [5, 5.41) is 12.8. The van der Waals surface area contributed by atoms with Crippen molar-refractivity contribution in [1.29, 1.82) is 0 Å². The lowest BCUT2D eigenvalue weighted by Crippen LogP contribution is -2.45. The summed E-state index contributed by atoms with van der Waals surface area (Å²) in [6, 6.07) is 0.775. The van der Waals surface area contributed by atoms with E-state index in [-0.39, 0.29) is 12.1 Å². The predicted octanol–water partition coefficient (Wildman–Crippen LogP) is 2.39. The van der Waals surface area contributed by atoms with Gasteiger partial charge in [-0.1, -0.05) is 19.8 Å². The molecule has 1 rings (SSSR count). The Kier molecular flexibility index (Phi) is 7.20. The first-order valence-electron chi connectivity index (χ1n) is 7.71. The van der Waals surface area contributed by atoms with E-state index in [1.807, 2.05) is 0 Å². The lowest BCUT2D eigenvalue weighted by atomic mass is 9.95. The van der Waals surface area contributed by atoms with Crippen LogP contribution in [-0.2, 0) is 0 Å². The first kappa shape index (κ1) is 15.9. The average molecular weight is 256 g/mol. The molecule has 0 aromatic rings. The van der Waals surface area contributed by atoms with E-state index >= 15 is 0 Å². The van der Waals surface area contributed by atoms with Gasteiger partial charge >= 0.3 is 0 Å². The van der Waals surface area contributed by atoms with Crippen LogP contribution in [0.15, 0.2) is 0 Å². The molecule has 1 aliphatic heterocycles. The third-order valence-corrected chi connectivity index (χ3v) is 4.32. The van der Waals surface area contributed by atoms with Gasteiger partial charge in [-0.15, -0.1) is 0 Å². The molecular formula is C15H32N2O. The normalized spacial score (nSPS) is 25.0. The highest BCUT2D eigenvalue weighted by atomic mass is 16.3. The number of likely N-dealkylation sites (N-methyl/N-ethyl adjacent to an activating group) is 1. The third kappa shape index (κ3) is 5.25. The number of nitrogens with zero attached hydrogens (tertiary/aromatic N) is 1. The Morgan fingerprint density at radius 3 is 2.72 bits per heavy atom. The summed E-state index contributed by atoms with van der Waals surface area (Å²) in [6.07, 6.45) is 7.67. The Morgan fingerprint density at radius 1 is 1.33 bits per heavy atom. The topological polar surface area (TPSA) is 35.5 Å². The highest BCUT2D eigenvalue weighted by Gasteiger charge is 2.22. The Morgan fingerprint density at radius 2 is 2.11 bits per heavy atom. The minimum Gasteiger partial charge on any atom is -0.394 e. The van der Waals surface area contributed by atoms with Crippen molar-refractivity contribution in [1.82, 2.24) is 10.2 Å². The smallest absolute Gasteiger partial charge is 0.0610 e. The largest absolute Gasteiger partial charge is 0.394 e. The molecule has 0 bridgehead atoms. The van der Waals surface area contributed by atoms with E-state index in [9.17, 15) is 5.11 Å². The zero-order valence-electron chi connectivity index (χ0n) is 12.5. The molecule has 3 heteroatoms. The van der Waals surface area contributed by atoms with Gasteiger partial charge in [0.2, 0.25) is 0 Å². The van der Waals surface area contributed by atoms with Gasteiger partial charge in [0, 0.05) is 11.6 Å². The fourth-order valence-corrected chi connectivity index (χ4v) is 2.97. The second-order valence-corrected chi connectivity index (χ2v) is 6.09. The van der Waals surface area contributed by atoms with Crippen LogP contribution in [0.1, 0.15) is 59.3 Å². The van der Waals surface area contributed by atoms with Crippen molar-refractivity contribution in [3.63, 3.8) is 0 Å². The van der Waals surface area contributed by atoms with Crippen molar-refractivity contribution in [3.05, 3.63) is 0 Å². The van der Waals surface area contributed by atoms with Gasteiger partial charge in [0.05, 0.1) is 6.61 Å². The molecule has 0 aliphatic carbocycles. The van der Waals surface area contributed by atoms with Crippen molar-refractivity contribution in [2.24, 2.45) is 0 Å². The summed E-state index contributed by atoms with van der Waals surface area (Å²) in [5.74, 6) is 0. The fraction of sp³-hybridized carbons (Fsp3) is 1.00. The van der Waals surface area contributed by atoms with E-state index < -0.39 is 0 Å². The van der Waals surface area contributed by atoms with E-state index in [2.05, 4.69) is 31.0 Å². The Bertz CT molecular complexity index is 223. The Hall–Kier alpha value is -0.120. The molecule has 1 aliphatic rings. The minimum absolute atomic E-state index is 0.0811. The van der Waals surface area contributed by atoms with E-state index in [1.54, 1.807) is 0 Å². The fourth-order valence-electron chi connectivity index (χ4n) is 2.97. The monoisotopic (exact) mass is 256 g/mol. The molecule has 2 unspecified atom stereocenters. The second kappa shape index (κ2) is 8.13. The molecule has 18 heavy (non-hydrogen) atoms. The zero-order chi connectivity index (χ0) is 13.4. The molecular weight excluding hydrogens is 224 g/mol. The highest BCUT2D eigenvalue weighted by Crippen LogP contribution is 2.18. The molecule has 0 aromatic heterocycles. The number of piperidine rings is 1. The third-order valence-electron chi connectivity index (χ3n) is 4.32. The van der Waals surface area contributed by atoms with Crippen LogP contribution in [0.5, 0.6) is 0 Å². The number of aliphatic hydroxyl groups is 1. The molecule has 0 aromatic carbocycles. The van der Waals surface area contributed by atoms with E-state index in [4.69, 9.17) is 0 Å². The van der Waals surface area contributed by atoms with Crippen LogP contribution < -0.4 is 5.32 Å². The van der Waals surface area contributed by atoms with Gasteiger partial charge in [-0.05, 0) is 59.2 Å². The average Bonchev–Trinajstić information content (AvgIpc) is 2.37. The lowest BCUT2D eigenvalue weighted by molar-refractivity contribution is 0.145. The van der Waals surface area contributed by atoms with Gasteiger partial charge in [-0.2, -0.15) is 0 Å². The molecule has 3 nitrogen and oxygen atoms in total. The van der Waals surface area contributed by atoms with Gasteiger partial charge in [0.15, 0.2) is 0 Å². The maximum atomic E-state index is 9.43. The number of hydrogen-bond acceptors (Lipinski definition) is 3. The first-order valence-corrected chi connectivity index (χ1v) is 7.71. The number of likely N-dealkylation sites (tertiary alicyclic amines) is 1. The molecule has 0 amide bonds. The molecule has 0 saturated carbocycles. The van der Waals surface area contributed by atoms with Crippen LogP contribution in [0.3, 0.4) is 0 Å². The highest BCUT2D eigenvalue weighted by molar-refractivity contribution is 4.82. The molecule has 1 fully saturated rings. The van der Waals surface area contributed by atoms with Crippen molar-refractivity contribution >= 4 is 0 Å². The SMILES string of the molecule is CCNC(C)(CO)CCCCN1CCCCC1C. The Labute approximate surface area is 113 Å². The molecule has 108 valence electrons. The summed E-state index contributed by atoms with van der Waals surface area (Å²) >= 11 is 0. The number of rotatable bonds is 8.